The minimum Gasteiger partial charge on any atom is -0.485 e. The lowest BCUT2D eigenvalue weighted by Crippen LogP contribution is -2.09. The molecule has 1 N–H and O–H groups in total. The molecule has 2 heterocycles. The van der Waals surface area contributed by atoms with E-state index in [0.717, 1.165) is 5.69 Å². The number of aromatic nitrogens is 3. The van der Waals surface area contributed by atoms with Gasteiger partial charge in [0.2, 0.25) is 0 Å². The van der Waals surface area contributed by atoms with E-state index in [1.165, 1.54) is 12.3 Å². The average Bonchev–Trinajstić information content (AvgIpc) is 2.28. The van der Waals surface area contributed by atoms with Gasteiger partial charge in [0, 0.05) is 12.3 Å². The maximum absolute atomic E-state index is 10.9. The van der Waals surface area contributed by atoms with Crippen LogP contribution in [-0.2, 0) is 6.61 Å². The predicted molar refractivity (Wildman–Crippen MR) is 58.8 cm³/mol. The molecule has 0 saturated heterocycles. The van der Waals surface area contributed by atoms with Crippen molar-refractivity contribution in [1.29, 1.82) is 0 Å². The van der Waals surface area contributed by atoms with Gasteiger partial charge in [-0.05, 0) is 6.07 Å². The summed E-state index contributed by atoms with van der Waals surface area (Å²) < 4.78 is 5.33. The zero-order valence-corrected chi connectivity index (χ0v) is 8.38. The predicted octanol–water partition coefficient (Wildman–Crippen LogP) is -0.462. The first-order valence-electron chi connectivity index (χ1n) is 4.62. The van der Waals surface area contributed by atoms with Gasteiger partial charge in [0.1, 0.15) is 20.2 Å². The van der Waals surface area contributed by atoms with E-state index in [0.29, 0.717) is 11.2 Å². The van der Waals surface area contributed by atoms with Crippen molar-refractivity contribution in [3.63, 3.8) is 0 Å². The van der Waals surface area contributed by atoms with Gasteiger partial charge in [-0.1, -0.05) is 11.5 Å². The van der Waals surface area contributed by atoms with E-state index in [1.54, 1.807) is 18.3 Å². The number of aromatic amines is 1. The van der Waals surface area contributed by atoms with Crippen LogP contribution in [0.1, 0.15) is 5.69 Å². The van der Waals surface area contributed by atoms with Gasteiger partial charge in [0.05, 0.1) is 11.9 Å². The van der Waals surface area contributed by atoms with E-state index in [4.69, 9.17) is 12.6 Å². The summed E-state index contributed by atoms with van der Waals surface area (Å²) in [4.78, 5) is 15.0. The molecule has 2 aromatic rings. The summed E-state index contributed by atoms with van der Waals surface area (Å²) in [5.41, 5.74) is 1.03. The first kappa shape index (κ1) is 10.4. The van der Waals surface area contributed by atoms with Crippen molar-refractivity contribution in [2.24, 2.45) is 0 Å². The minimum absolute atomic E-state index is 0.269. The first-order chi connectivity index (χ1) is 7.74. The molecule has 0 aliphatic carbocycles. The van der Waals surface area contributed by atoms with Crippen molar-refractivity contribution in [3.05, 3.63) is 46.6 Å². The average molecular weight is 213 g/mol. The van der Waals surface area contributed by atoms with Gasteiger partial charge in [-0.2, -0.15) is 5.10 Å². The van der Waals surface area contributed by atoms with Crippen LogP contribution in [0.3, 0.4) is 0 Å². The molecule has 0 unspecified atom stereocenters. The van der Waals surface area contributed by atoms with Crippen molar-refractivity contribution in [1.82, 2.24) is 15.2 Å². The molecule has 0 aromatic carbocycles. The normalized spacial score (nSPS) is 10.0. The molecule has 0 aliphatic rings. The number of pyridine rings is 1. The van der Waals surface area contributed by atoms with Gasteiger partial charge in [0.25, 0.3) is 5.56 Å². The Kier molecular flexibility index (Phi) is 3.00. The molecule has 2 rings (SSSR count). The van der Waals surface area contributed by atoms with E-state index in [-0.39, 0.29) is 12.2 Å². The topological polar surface area (TPSA) is 67.9 Å². The van der Waals surface area contributed by atoms with Crippen molar-refractivity contribution in [3.8, 4) is 5.75 Å². The SMILES string of the molecule is [B]c1ccc(COc2cn[nH]c(=O)c2)nc1. The lowest BCUT2D eigenvalue weighted by atomic mass is 9.99. The minimum atomic E-state index is -0.303. The summed E-state index contributed by atoms with van der Waals surface area (Å²) in [5, 5.41) is 5.87. The highest BCUT2D eigenvalue weighted by atomic mass is 16.5. The molecule has 78 valence electrons. The summed E-state index contributed by atoms with van der Waals surface area (Å²) in [7, 11) is 5.50. The summed E-state index contributed by atoms with van der Waals surface area (Å²) >= 11 is 0. The quantitative estimate of drug-likeness (QED) is 0.700. The van der Waals surface area contributed by atoms with Gasteiger partial charge in [-0.3, -0.25) is 9.78 Å². The van der Waals surface area contributed by atoms with Gasteiger partial charge >= 0.3 is 0 Å². The number of nitrogens with zero attached hydrogens (tertiary/aromatic N) is 2. The highest BCUT2D eigenvalue weighted by Gasteiger charge is 1.97. The van der Waals surface area contributed by atoms with Crippen LogP contribution >= 0.6 is 0 Å². The third-order valence-electron chi connectivity index (χ3n) is 1.87. The standard InChI is InChI=1S/C10H8BN3O2/c11-7-1-2-8(12-4-7)6-16-9-3-10(15)14-13-5-9/h1-5H,6H2,(H,14,15). The van der Waals surface area contributed by atoms with Crippen LogP contribution in [0.25, 0.3) is 0 Å². The largest absolute Gasteiger partial charge is 0.485 e. The number of ether oxygens (including phenoxy) is 1. The van der Waals surface area contributed by atoms with E-state index in [2.05, 4.69) is 15.2 Å². The molecule has 0 bridgehead atoms. The number of nitrogens with one attached hydrogen (secondary N) is 1. The maximum Gasteiger partial charge on any atom is 0.267 e. The highest BCUT2D eigenvalue weighted by molar-refractivity contribution is 6.31. The lowest BCUT2D eigenvalue weighted by Gasteiger charge is -2.04. The zero-order chi connectivity index (χ0) is 11.4. The molecule has 0 saturated carbocycles. The maximum atomic E-state index is 10.9. The Morgan fingerprint density at radius 2 is 2.25 bits per heavy atom. The van der Waals surface area contributed by atoms with Crippen LogP contribution in [0.15, 0.2) is 35.4 Å². The Hall–Kier alpha value is -2.11. The number of hydrogen-bond acceptors (Lipinski definition) is 4. The second-order valence-corrected chi connectivity index (χ2v) is 3.15. The first-order valence-corrected chi connectivity index (χ1v) is 4.62. The van der Waals surface area contributed by atoms with Crippen molar-refractivity contribution < 1.29 is 4.74 Å². The second kappa shape index (κ2) is 4.61. The Bertz CT molecular complexity index is 524. The van der Waals surface area contributed by atoms with Crippen LogP contribution in [-0.4, -0.2) is 23.0 Å². The number of hydrogen-bond donors (Lipinski definition) is 1. The molecule has 0 amide bonds. The molecule has 2 aromatic heterocycles. The van der Waals surface area contributed by atoms with Crippen LogP contribution in [0.2, 0.25) is 0 Å². The summed E-state index contributed by atoms with van der Waals surface area (Å²) in [5.74, 6) is 0.405. The van der Waals surface area contributed by atoms with E-state index in [9.17, 15) is 4.79 Å². The van der Waals surface area contributed by atoms with E-state index in [1.807, 2.05) is 0 Å². The third kappa shape index (κ3) is 2.69. The zero-order valence-electron chi connectivity index (χ0n) is 8.38. The van der Waals surface area contributed by atoms with E-state index < -0.39 is 0 Å². The smallest absolute Gasteiger partial charge is 0.267 e. The highest BCUT2D eigenvalue weighted by Crippen LogP contribution is 2.05. The molecular weight excluding hydrogens is 205 g/mol. The van der Waals surface area contributed by atoms with Crippen LogP contribution in [0, 0.1) is 0 Å². The molecular formula is C10H8BN3O2. The Balaban J connectivity index is 2.02. The van der Waals surface area contributed by atoms with E-state index >= 15 is 0 Å². The molecule has 0 spiro atoms. The van der Waals surface area contributed by atoms with Crippen molar-refractivity contribution in [2.75, 3.05) is 0 Å². The molecule has 5 nitrogen and oxygen atoms in total. The van der Waals surface area contributed by atoms with Crippen molar-refractivity contribution >= 4 is 13.3 Å². The molecule has 2 radical (unpaired) electrons. The van der Waals surface area contributed by atoms with Crippen LogP contribution in [0.5, 0.6) is 5.75 Å². The van der Waals surface area contributed by atoms with Crippen LogP contribution in [0.4, 0.5) is 0 Å². The van der Waals surface area contributed by atoms with Gasteiger partial charge in [-0.25, -0.2) is 5.10 Å². The van der Waals surface area contributed by atoms with Gasteiger partial charge in [-0.15, -0.1) is 0 Å². The van der Waals surface area contributed by atoms with Crippen LogP contribution < -0.4 is 15.8 Å². The molecule has 0 fully saturated rings. The Labute approximate surface area is 92.9 Å². The number of rotatable bonds is 3. The second-order valence-electron chi connectivity index (χ2n) is 3.15. The van der Waals surface area contributed by atoms with Gasteiger partial charge < -0.3 is 4.74 Å². The summed E-state index contributed by atoms with van der Waals surface area (Å²) in [6.07, 6.45) is 2.98. The summed E-state index contributed by atoms with van der Waals surface area (Å²) in [6, 6.07) is 4.82. The fourth-order valence-corrected chi connectivity index (χ4v) is 1.12. The summed E-state index contributed by atoms with van der Waals surface area (Å²) in [6.45, 7) is 0.269. The fourth-order valence-electron chi connectivity index (χ4n) is 1.12. The Morgan fingerprint density at radius 3 is 2.94 bits per heavy atom. The molecule has 0 aliphatic heterocycles. The third-order valence-corrected chi connectivity index (χ3v) is 1.87. The van der Waals surface area contributed by atoms with Gasteiger partial charge in [0.15, 0.2) is 0 Å². The lowest BCUT2D eigenvalue weighted by molar-refractivity contribution is 0.299. The fraction of sp³-hybridized carbons (Fsp3) is 0.100. The molecule has 0 atom stereocenters. The number of H-pyrrole nitrogens is 1. The van der Waals surface area contributed by atoms with Crippen molar-refractivity contribution in [2.45, 2.75) is 6.61 Å². The molecule has 6 heteroatoms. The monoisotopic (exact) mass is 213 g/mol. The Morgan fingerprint density at radius 1 is 1.38 bits per heavy atom. The molecule has 16 heavy (non-hydrogen) atoms.